The second-order valence-corrected chi connectivity index (χ2v) is 13.9. The highest BCUT2D eigenvalue weighted by molar-refractivity contribution is 6.04. The number of pyridine rings is 1. The Morgan fingerprint density at radius 1 is 1.04 bits per heavy atom. The summed E-state index contributed by atoms with van der Waals surface area (Å²) in [6.07, 6.45) is 2.38. The minimum Gasteiger partial charge on any atom is -0.508 e. The summed E-state index contributed by atoms with van der Waals surface area (Å²) in [5, 5.41) is 14.4. The van der Waals surface area contributed by atoms with E-state index >= 15 is 8.78 Å². The summed E-state index contributed by atoms with van der Waals surface area (Å²) in [6.45, 7) is 1.11. The Labute approximate surface area is 289 Å². The normalized spacial score (nSPS) is 24.7. The minimum absolute atomic E-state index is 0.0433. The number of ether oxygens (including phenoxy) is 2. The van der Waals surface area contributed by atoms with Crippen molar-refractivity contribution in [3.63, 3.8) is 0 Å². The summed E-state index contributed by atoms with van der Waals surface area (Å²) < 4.78 is 98.7. The Bertz CT molecular complexity index is 2060. The molecule has 4 fully saturated rings. The van der Waals surface area contributed by atoms with Crippen molar-refractivity contribution in [2.75, 3.05) is 44.3 Å². The number of halogens is 6. The van der Waals surface area contributed by atoms with E-state index < -0.39 is 48.2 Å². The maximum absolute atomic E-state index is 17.2. The number of aromatic nitrogens is 3. The molecule has 4 atom stereocenters. The van der Waals surface area contributed by atoms with Crippen LogP contribution in [0.1, 0.15) is 44.1 Å². The van der Waals surface area contributed by atoms with Crippen LogP contribution in [0.4, 0.5) is 32.2 Å². The monoisotopic (exact) mass is 712 g/mol. The lowest BCUT2D eigenvalue weighted by molar-refractivity contribution is -0.139. The van der Waals surface area contributed by atoms with E-state index in [1.807, 2.05) is 4.90 Å². The van der Waals surface area contributed by atoms with E-state index in [9.17, 15) is 22.7 Å². The highest BCUT2D eigenvalue weighted by atomic mass is 19.4. The number of hydrogen-bond donors (Lipinski definition) is 2. The van der Waals surface area contributed by atoms with E-state index in [-0.39, 0.29) is 87.9 Å². The van der Waals surface area contributed by atoms with Crippen molar-refractivity contribution < 1.29 is 40.9 Å². The first-order valence-electron chi connectivity index (χ1n) is 17.0. The maximum Gasteiger partial charge on any atom is 0.392 e. The molecule has 51 heavy (non-hydrogen) atoms. The number of alkyl halides is 4. The van der Waals surface area contributed by atoms with Gasteiger partial charge in [-0.15, -0.1) is 6.42 Å². The molecule has 0 aliphatic carbocycles. The molecule has 2 aromatic carbocycles. The van der Waals surface area contributed by atoms with Crippen LogP contribution < -0.4 is 19.7 Å². The third kappa shape index (κ3) is 6.12. The first-order valence-corrected chi connectivity index (χ1v) is 17.0. The second-order valence-electron chi connectivity index (χ2n) is 13.9. The average molecular weight is 713 g/mol. The summed E-state index contributed by atoms with van der Waals surface area (Å²) in [5.74, 6) is -0.0788. The van der Waals surface area contributed by atoms with Crippen molar-refractivity contribution in [3.05, 3.63) is 41.5 Å². The van der Waals surface area contributed by atoms with Crippen molar-refractivity contribution in [2.45, 2.75) is 68.5 Å². The van der Waals surface area contributed by atoms with E-state index in [1.54, 1.807) is 0 Å². The van der Waals surface area contributed by atoms with Crippen LogP contribution in [-0.2, 0) is 0 Å². The van der Waals surface area contributed by atoms with Crippen LogP contribution in [0.15, 0.2) is 24.3 Å². The third-order valence-corrected chi connectivity index (χ3v) is 10.5. The maximum atomic E-state index is 17.2. The zero-order chi connectivity index (χ0) is 35.7. The van der Waals surface area contributed by atoms with Crippen molar-refractivity contribution in [2.24, 2.45) is 0 Å². The molecular formula is C36H34F6N6O3. The van der Waals surface area contributed by atoms with Crippen molar-refractivity contribution >= 4 is 27.5 Å². The number of piperazine rings is 1. The van der Waals surface area contributed by atoms with Gasteiger partial charge in [0.1, 0.15) is 46.8 Å². The van der Waals surface area contributed by atoms with Gasteiger partial charge in [0, 0.05) is 49.1 Å². The molecule has 0 amide bonds. The summed E-state index contributed by atoms with van der Waals surface area (Å²) >= 11 is 0. The summed E-state index contributed by atoms with van der Waals surface area (Å²) in [7, 11) is 0. The van der Waals surface area contributed by atoms with E-state index in [0.29, 0.717) is 19.5 Å². The van der Waals surface area contributed by atoms with Gasteiger partial charge in [-0.05, 0) is 55.8 Å². The summed E-state index contributed by atoms with van der Waals surface area (Å²) in [4.78, 5) is 17.5. The van der Waals surface area contributed by atoms with Crippen LogP contribution in [0.2, 0.25) is 0 Å². The molecule has 2 N–H and O–H groups in total. The van der Waals surface area contributed by atoms with Gasteiger partial charge in [0.05, 0.1) is 24.1 Å². The summed E-state index contributed by atoms with van der Waals surface area (Å²) in [6, 6.07) is 4.91. The van der Waals surface area contributed by atoms with Crippen LogP contribution in [0, 0.1) is 24.0 Å². The smallest absolute Gasteiger partial charge is 0.392 e. The van der Waals surface area contributed by atoms with E-state index in [1.165, 1.54) is 12.1 Å². The van der Waals surface area contributed by atoms with Gasteiger partial charge in [-0.2, -0.15) is 23.1 Å². The molecule has 4 saturated heterocycles. The van der Waals surface area contributed by atoms with E-state index in [4.69, 9.17) is 20.9 Å². The number of terminal acetylenes is 1. The fourth-order valence-corrected chi connectivity index (χ4v) is 8.31. The molecule has 9 nitrogen and oxygen atoms in total. The molecule has 2 aromatic heterocycles. The van der Waals surface area contributed by atoms with Crippen LogP contribution in [0.25, 0.3) is 32.9 Å². The third-order valence-electron chi connectivity index (χ3n) is 10.5. The Morgan fingerprint density at radius 3 is 2.57 bits per heavy atom. The average Bonchev–Trinajstić information content (AvgIpc) is 3.73. The van der Waals surface area contributed by atoms with E-state index in [2.05, 4.69) is 26.1 Å². The molecule has 268 valence electrons. The number of phenols is 1. The molecule has 0 spiro atoms. The Kier molecular flexibility index (Phi) is 8.29. The predicted molar refractivity (Wildman–Crippen MR) is 177 cm³/mol. The van der Waals surface area contributed by atoms with Gasteiger partial charge >= 0.3 is 12.2 Å². The highest BCUT2D eigenvalue weighted by Crippen LogP contribution is 2.44. The van der Waals surface area contributed by atoms with Gasteiger partial charge in [-0.3, -0.25) is 4.90 Å². The number of aromatic hydroxyl groups is 1. The zero-order valence-corrected chi connectivity index (χ0v) is 27.4. The quantitative estimate of drug-likeness (QED) is 0.168. The number of nitrogens with one attached hydrogen (secondary N) is 1. The molecule has 4 aliphatic rings. The molecule has 15 heteroatoms. The van der Waals surface area contributed by atoms with E-state index in [0.717, 1.165) is 37.9 Å². The van der Waals surface area contributed by atoms with Gasteiger partial charge in [0.25, 0.3) is 0 Å². The number of hydrogen-bond acceptors (Lipinski definition) is 9. The van der Waals surface area contributed by atoms with Crippen LogP contribution in [0.5, 0.6) is 17.6 Å². The lowest BCUT2D eigenvalue weighted by Crippen LogP contribution is -2.51. The van der Waals surface area contributed by atoms with Gasteiger partial charge in [0.2, 0.25) is 5.88 Å². The molecule has 0 radical (unpaired) electrons. The number of phenolic OH excluding ortho intramolecular Hbond substituents is 1. The second kappa shape index (κ2) is 12.6. The number of fused-ring (bicyclic) bond motifs is 5. The number of anilines is 1. The lowest BCUT2D eigenvalue weighted by Gasteiger charge is -2.35. The highest BCUT2D eigenvalue weighted by Gasteiger charge is 2.49. The fourth-order valence-electron chi connectivity index (χ4n) is 8.31. The number of benzene rings is 2. The molecule has 2 unspecified atom stereocenters. The molecule has 6 heterocycles. The Hall–Kier alpha value is -4.55. The topological polar surface area (TPSA) is 95.9 Å². The Morgan fingerprint density at radius 2 is 1.82 bits per heavy atom. The molecule has 4 aliphatic heterocycles. The lowest BCUT2D eigenvalue weighted by atomic mass is 9.95. The molecule has 8 rings (SSSR count). The SMILES string of the molecule is C#Cc1c(F)ccc2cc(O)cc(-c3nc(OCCC(F)(F)F)c4c(N5CC6CCC(C5)N6)nc(OC[C@@]56CCCN5C[C@H](F)C6)nc4c3F)c12. The molecule has 4 aromatic rings. The first-order chi connectivity index (χ1) is 24.4. The van der Waals surface area contributed by atoms with Crippen LogP contribution in [-0.4, -0.2) is 94.3 Å². The summed E-state index contributed by atoms with van der Waals surface area (Å²) in [5.41, 5.74) is -1.77. The first kappa shape index (κ1) is 33.6. The van der Waals surface area contributed by atoms with Gasteiger partial charge in [-0.1, -0.05) is 12.0 Å². The largest absolute Gasteiger partial charge is 0.508 e. The van der Waals surface area contributed by atoms with Gasteiger partial charge in [0.15, 0.2) is 5.82 Å². The minimum atomic E-state index is -4.57. The fraction of sp³-hybridized carbons (Fsp3) is 0.472. The van der Waals surface area contributed by atoms with Gasteiger partial charge in [-0.25, -0.2) is 18.2 Å². The molecular weight excluding hydrogens is 678 g/mol. The number of rotatable bonds is 8. The van der Waals surface area contributed by atoms with Crippen molar-refractivity contribution in [3.8, 4) is 41.2 Å². The standard InChI is InChI=1S/C36H34F6N6O3/c1-2-24-26(38)7-4-19-12-23(49)13-25(27(19)24)30-29(39)31-28(33(44-30)50-11-9-36(40,41)42)32(47-16-21-5-6-22(17-47)43-21)46-34(45-31)51-18-35-8-3-10-48(35)15-20(37)14-35/h1,4,7,12-13,20-22,43,49H,3,5-6,8-11,14-18H2/t20-,21?,22?,35+/m1/s1. The molecule has 2 bridgehead atoms. The Balaban J connectivity index is 1.33. The zero-order valence-electron chi connectivity index (χ0n) is 27.4. The predicted octanol–water partition coefficient (Wildman–Crippen LogP) is 6.04. The van der Waals surface area contributed by atoms with Crippen LogP contribution >= 0.6 is 0 Å². The number of nitrogens with zero attached hydrogens (tertiary/aromatic N) is 5. The van der Waals surface area contributed by atoms with Gasteiger partial charge < -0.3 is 24.8 Å². The molecule has 0 saturated carbocycles. The van der Waals surface area contributed by atoms with Crippen LogP contribution in [0.3, 0.4) is 0 Å². The van der Waals surface area contributed by atoms with Crippen molar-refractivity contribution in [1.29, 1.82) is 0 Å². The van der Waals surface area contributed by atoms with Crippen molar-refractivity contribution in [1.82, 2.24) is 25.2 Å².